The Balaban J connectivity index is 2.25. The van der Waals surface area contributed by atoms with Crippen LogP contribution in [-0.2, 0) is 28.9 Å². The summed E-state index contributed by atoms with van der Waals surface area (Å²) in [6, 6.07) is -0.942. The van der Waals surface area contributed by atoms with Crippen LogP contribution in [0.4, 0.5) is 0 Å². The Bertz CT molecular complexity index is 1380. The number of rotatable bonds is 54. The molecule has 0 aromatic heterocycles. The molecule has 1 saturated heterocycles. The Hall–Kier alpha value is -1.42. The number of hydrogen-bond donors (Lipinski definition) is 6. The van der Waals surface area contributed by atoms with E-state index >= 15 is 0 Å². The van der Waals surface area contributed by atoms with Crippen molar-refractivity contribution >= 4 is 16.3 Å². The highest BCUT2D eigenvalue weighted by Gasteiger charge is 2.48. The van der Waals surface area contributed by atoms with Gasteiger partial charge < -0.3 is 35.2 Å². The SMILES string of the molecule is CCCCCCCCCCCCCC/C=C\CCCCCCCCCCCCCCCCCC(=O)NC(COC1OC(CO)C(O)C(OS(=O)(=O)O)C1O)C(O)/C=C/CCCCCCCCCCCCCCC. The van der Waals surface area contributed by atoms with Crippen LogP contribution in [0.1, 0.15) is 296 Å². The molecule has 73 heavy (non-hydrogen) atoms. The van der Waals surface area contributed by atoms with Crippen LogP contribution in [0, 0.1) is 0 Å². The monoisotopic (exact) mass is 1060 g/mol. The van der Waals surface area contributed by atoms with E-state index in [0.717, 1.165) is 38.5 Å². The fraction of sp³-hybridized carbons (Fsp3) is 0.917. The van der Waals surface area contributed by atoms with Crippen LogP contribution in [0.5, 0.6) is 0 Å². The molecule has 0 saturated carbocycles. The average molecular weight is 1060 g/mol. The molecule has 1 heterocycles. The number of nitrogens with one attached hydrogen (secondary N) is 1. The lowest BCUT2D eigenvalue weighted by Gasteiger charge is -2.41. The zero-order chi connectivity index (χ0) is 53.3. The van der Waals surface area contributed by atoms with Gasteiger partial charge in [0, 0.05) is 6.42 Å². The fourth-order valence-corrected chi connectivity index (χ4v) is 10.5. The molecular weight excluding hydrogens is 943 g/mol. The molecule has 6 N–H and O–H groups in total. The number of aliphatic hydroxyl groups excluding tert-OH is 4. The number of unbranched alkanes of at least 4 members (excludes halogenated alkanes) is 40. The molecule has 1 aliphatic heterocycles. The highest BCUT2D eigenvalue weighted by Crippen LogP contribution is 2.26. The zero-order valence-electron chi connectivity index (χ0n) is 47.0. The van der Waals surface area contributed by atoms with Crippen molar-refractivity contribution in [3.8, 4) is 0 Å². The number of ether oxygens (including phenoxy) is 2. The van der Waals surface area contributed by atoms with Gasteiger partial charge in [-0.05, 0) is 44.9 Å². The molecule has 0 aliphatic carbocycles. The summed E-state index contributed by atoms with van der Waals surface area (Å²) in [7, 11) is -5.09. The summed E-state index contributed by atoms with van der Waals surface area (Å²) in [5.74, 6) is -0.258. The number of hydrogen-bond acceptors (Lipinski definition) is 10. The molecule has 1 rings (SSSR count). The first-order valence-corrected chi connectivity index (χ1v) is 32.1. The van der Waals surface area contributed by atoms with Crippen molar-refractivity contribution in [1.82, 2.24) is 5.32 Å². The van der Waals surface area contributed by atoms with Gasteiger partial charge in [0.2, 0.25) is 5.91 Å². The van der Waals surface area contributed by atoms with E-state index in [-0.39, 0.29) is 18.9 Å². The topological polar surface area (TPSA) is 192 Å². The number of carbonyl (C=O) groups excluding carboxylic acids is 1. The number of allylic oxidation sites excluding steroid dienone is 3. The van der Waals surface area contributed by atoms with Gasteiger partial charge in [0.15, 0.2) is 6.29 Å². The van der Waals surface area contributed by atoms with Gasteiger partial charge in [-0.25, -0.2) is 4.18 Å². The summed E-state index contributed by atoms with van der Waals surface area (Å²) in [5, 5.41) is 45.0. The molecule has 0 radical (unpaired) electrons. The first-order valence-electron chi connectivity index (χ1n) is 30.7. The first-order chi connectivity index (χ1) is 35.5. The second-order valence-corrected chi connectivity index (χ2v) is 22.7. The van der Waals surface area contributed by atoms with Crippen molar-refractivity contribution < 1.29 is 51.8 Å². The third-order valence-electron chi connectivity index (χ3n) is 14.7. The third kappa shape index (κ3) is 42.3. The van der Waals surface area contributed by atoms with E-state index in [9.17, 15) is 38.2 Å². The molecular formula is C60H115NO11S. The van der Waals surface area contributed by atoms with Crippen LogP contribution in [-0.4, -0.2) is 95.4 Å². The molecule has 7 unspecified atom stereocenters. The minimum Gasteiger partial charge on any atom is -0.394 e. The van der Waals surface area contributed by atoms with E-state index in [0.29, 0.717) is 6.42 Å². The number of amides is 1. The number of carbonyl (C=O) groups is 1. The van der Waals surface area contributed by atoms with E-state index in [2.05, 4.69) is 35.5 Å². The van der Waals surface area contributed by atoms with Gasteiger partial charge in [-0.15, -0.1) is 0 Å². The molecule has 13 heteroatoms. The average Bonchev–Trinajstić information content (AvgIpc) is 3.37. The van der Waals surface area contributed by atoms with Crippen molar-refractivity contribution in [2.24, 2.45) is 0 Å². The summed E-state index contributed by atoms with van der Waals surface area (Å²) >= 11 is 0. The molecule has 0 bridgehead atoms. The third-order valence-corrected chi connectivity index (χ3v) is 15.2. The largest absolute Gasteiger partial charge is 0.397 e. The lowest BCUT2D eigenvalue weighted by molar-refractivity contribution is -0.298. The van der Waals surface area contributed by atoms with Gasteiger partial charge in [-0.1, -0.05) is 269 Å². The second-order valence-electron chi connectivity index (χ2n) is 21.6. The molecule has 0 aromatic rings. The van der Waals surface area contributed by atoms with E-state index in [1.165, 1.54) is 231 Å². The Morgan fingerprint density at radius 3 is 1.23 bits per heavy atom. The summed E-state index contributed by atoms with van der Waals surface area (Å²) in [4.78, 5) is 13.1. The van der Waals surface area contributed by atoms with Gasteiger partial charge in [0.05, 0.1) is 25.4 Å². The maximum Gasteiger partial charge on any atom is 0.397 e. The molecule has 432 valence electrons. The standard InChI is InChI=1S/C60H115NO11S/c1-3-5-7-9-11-13-15-17-19-20-21-22-23-24-25-26-27-28-29-30-31-32-33-34-36-38-40-42-44-46-48-50-56(64)61-53(52-70-60-58(66)59(72-73(67,68)69)57(65)55(51-62)71-60)54(63)49-47-45-43-41-39-37-35-18-16-14-12-10-8-6-4-2/h24-25,47,49,53-55,57-60,62-63,65-66H,3-23,26-46,48,50-52H2,1-2H3,(H,61,64)(H,67,68,69)/b25-24-,49-47+. The molecule has 1 amide bonds. The maximum absolute atomic E-state index is 13.1. The zero-order valence-corrected chi connectivity index (χ0v) is 47.8. The predicted molar refractivity (Wildman–Crippen MR) is 301 cm³/mol. The van der Waals surface area contributed by atoms with Crippen LogP contribution in [0.25, 0.3) is 0 Å². The minimum atomic E-state index is -5.09. The van der Waals surface area contributed by atoms with E-state index in [1.807, 2.05) is 6.08 Å². The van der Waals surface area contributed by atoms with Crippen molar-refractivity contribution in [2.45, 2.75) is 339 Å². The van der Waals surface area contributed by atoms with Crippen LogP contribution in [0.15, 0.2) is 24.3 Å². The lowest BCUT2D eigenvalue weighted by Crippen LogP contribution is -2.61. The Kier molecular flexibility index (Phi) is 47.8. The Morgan fingerprint density at radius 2 is 0.877 bits per heavy atom. The first kappa shape index (κ1) is 69.6. The quantitative estimate of drug-likeness (QED) is 0.0193. The molecule has 12 nitrogen and oxygen atoms in total. The molecule has 1 fully saturated rings. The Morgan fingerprint density at radius 1 is 0.534 bits per heavy atom. The van der Waals surface area contributed by atoms with Crippen molar-refractivity contribution in [2.75, 3.05) is 13.2 Å². The molecule has 0 aromatic carbocycles. The highest BCUT2D eigenvalue weighted by atomic mass is 32.3. The normalized spacial score (nSPS) is 19.4. The van der Waals surface area contributed by atoms with Crippen LogP contribution in [0.2, 0.25) is 0 Å². The fourth-order valence-electron chi connectivity index (χ4n) is 9.98. The molecule has 7 atom stereocenters. The number of aliphatic hydroxyl groups is 4. The van der Waals surface area contributed by atoms with E-state index < -0.39 is 59.9 Å². The summed E-state index contributed by atoms with van der Waals surface area (Å²) in [6.07, 6.45) is 53.8. The van der Waals surface area contributed by atoms with Crippen molar-refractivity contribution in [1.29, 1.82) is 0 Å². The van der Waals surface area contributed by atoms with Gasteiger partial charge >= 0.3 is 10.4 Å². The lowest BCUT2D eigenvalue weighted by atomic mass is 9.99. The van der Waals surface area contributed by atoms with Crippen LogP contribution < -0.4 is 5.32 Å². The molecule has 0 spiro atoms. The van der Waals surface area contributed by atoms with E-state index in [1.54, 1.807) is 6.08 Å². The van der Waals surface area contributed by atoms with Crippen molar-refractivity contribution in [3.05, 3.63) is 24.3 Å². The Labute approximate surface area is 448 Å². The van der Waals surface area contributed by atoms with Gasteiger partial charge in [0.25, 0.3) is 0 Å². The smallest absolute Gasteiger partial charge is 0.394 e. The second kappa shape index (κ2) is 50.1. The maximum atomic E-state index is 13.1. The van der Waals surface area contributed by atoms with E-state index in [4.69, 9.17) is 9.47 Å². The van der Waals surface area contributed by atoms with Gasteiger partial charge in [-0.3, -0.25) is 9.35 Å². The van der Waals surface area contributed by atoms with Crippen LogP contribution >= 0.6 is 0 Å². The summed E-state index contributed by atoms with van der Waals surface area (Å²) in [6.45, 7) is 3.43. The minimum absolute atomic E-state index is 0.258. The van der Waals surface area contributed by atoms with Crippen molar-refractivity contribution in [3.63, 3.8) is 0 Å². The molecule has 1 aliphatic rings. The summed E-state index contributed by atoms with van der Waals surface area (Å²) in [5.41, 5.74) is 0. The highest BCUT2D eigenvalue weighted by molar-refractivity contribution is 7.80. The predicted octanol–water partition coefficient (Wildman–Crippen LogP) is 14.8. The van der Waals surface area contributed by atoms with Gasteiger partial charge in [0.1, 0.15) is 24.4 Å². The van der Waals surface area contributed by atoms with Crippen LogP contribution in [0.3, 0.4) is 0 Å². The van der Waals surface area contributed by atoms with Gasteiger partial charge in [-0.2, -0.15) is 8.42 Å². The summed E-state index contributed by atoms with van der Waals surface area (Å²) < 4.78 is 47.8.